The van der Waals surface area contributed by atoms with E-state index in [1.165, 1.54) is 44.5 Å². The summed E-state index contributed by atoms with van der Waals surface area (Å²) in [6, 6.07) is 8.47. The van der Waals surface area contributed by atoms with Crippen LogP contribution in [0.25, 0.3) is 0 Å². The van der Waals surface area contributed by atoms with Gasteiger partial charge in [-0.05, 0) is 76.0 Å². The predicted octanol–water partition coefficient (Wildman–Crippen LogP) is 2.56. The first-order chi connectivity index (χ1) is 9.81. The van der Waals surface area contributed by atoms with Crippen molar-refractivity contribution < 1.29 is 4.74 Å². The standard InChI is InChI=1S/C17H28N2O/c1-18-11-7-16-9-13-19(14-10-16)12-8-15-3-5-17(20-2)6-4-15/h3-6,16,18H,7-14H2,1-2H3. The topological polar surface area (TPSA) is 24.5 Å². The average Bonchev–Trinajstić information content (AvgIpc) is 2.52. The van der Waals surface area contributed by atoms with Crippen LogP contribution in [-0.2, 0) is 6.42 Å². The minimum Gasteiger partial charge on any atom is -0.497 e. The maximum absolute atomic E-state index is 5.19. The van der Waals surface area contributed by atoms with Crippen LogP contribution in [0.4, 0.5) is 0 Å². The monoisotopic (exact) mass is 276 g/mol. The summed E-state index contributed by atoms with van der Waals surface area (Å²) in [5.74, 6) is 1.87. The van der Waals surface area contributed by atoms with Gasteiger partial charge < -0.3 is 15.0 Å². The van der Waals surface area contributed by atoms with Crippen LogP contribution in [0, 0.1) is 5.92 Å². The van der Waals surface area contributed by atoms with Crippen molar-refractivity contribution in [3.05, 3.63) is 29.8 Å². The molecule has 0 aliphatic carbocycles. The van der Waals surface area contributed by atoms with Gasteiger partial charge in [-0.2, -0.15) is 0 Å². The second-order valence-electron chi connectivity index (χ2n) is 5.78. The molecule has 0 bridgehead atoms. The highest BCUT2D eigenvalue weighted by Gasteiger charge is 2.18. The van der Waals surface area contributed by atoms with Gasteiger partial charge >= 0.3 is 0 Å². The van der Waals surface area contributed by atoms with Gasteiger partial charge in [0.15, 0.2) is 0 Å². The summed E-state index contributed by atoms with van der Waals surface area (Å²) in [5.41, 5.74) is 1.41. The SMILES string of the molecule is CNCCC1CCN(CCc2ccc(OC)cc2)CC1. The zero-order valence-electron chi connectivity index (χ0n) is 12.9. The van der Waals surface area contributed by atoms with Crippen molar-refractivity contribution in [2.45, 2.75) is 25.7 Å². The highest BCUT2D eigenvalue weighted by atomic mass is 16.5. The second kappa shape index (κ2) is 8.28. The molecule has 0 spiro atoms. The predicted molar refractivity (Wildman–Crippen MR) is 84.4 cm³/mol. The van der Waals surface area contributed by atoms with Crippen molar-refractivity contribution in [1.82, 2.24) is 10.2 Å². The normalized spacial score (nSPS) is 17.3. The molecule has 1 fully saturated rings. The number of nitrogens with zero attached hydrogens (tertiary/aromatic N) is 1. The Hall–Kier alpha value is -1.06. The van der Waals surface area contributed by atoms with Crippen LogP contribution < -0.4 is 10.1 Å². The van der Waals surface area contributed by atoms with Gasteiger partial charge in [-0.25, -0.2) is 0 Å². The Morgan fingerprint density at radius 2 is 1.90 bits per heavy atom. The van der Waals surface area contributed by atoms with Crippen LogP contribution in [0.5, 0.6) is 5.75 Å². The molecule has 0 radical (unpaired) electrons. The van der Waals surface area contributed by atoms with E-state index in [9.17, 15) is 0 Å². The maximum atomic E-state index is 5.19. The Morgan fingerprint density at radius 3 is 2.50 bits per heavy atom. The lowest BCUT2D eigenvalue weighted by Gasteiger charge is -2.32. The van der Waals surface area contributed by atoms with Crippen molar-refractivity contribution >= 4 is 0 Å². The van der Waals surface area contributed by atoms with E-state index in [1.807, 2.05) is 7.05 Å². The Labute approximate surface area is 123 Å². The zero-order valence-corrected chi connectivity index (χ0v) is 12.9. The summed E-state index contributed by atoms with van der Waals surface area (Å²) in [6.45, 7) is 4.89. The minimum atomic E-state index is 0.930. The Bertz CT molecular complexity index is 369. The van der Waals surface area contributed by atoms with Crippen molar-refractivity contribution in [3.8, 4) is 5.75 Å². The number of ether oxygens (including phenoxy) is 1. The lowest BCUT2D eigenvalue weighted by molar-refractivity contribution is 0.181. The van der Waals surface area contributed by atoms with Gasteiger partial charge in [-0.3, -0.25) is 0 Å². The van der Waals surface area contributed by atoms with Gasteiger partial charge in [-0.15, -0.1) is 0 Å². The van der Waals surface area contributed by atoms with E-state index in [-0.39, 0.29) is 0 Å². The summed E-state index contributed by atoms with van der Waals surface area (Å²) in [7, 11) is 3.76. The Balaban J connectivity index is 1.67. The third kappa shape index (κ3) is 4.80. The Kier molecular flexibility index (Phi) is 6.34. The number of methoxy groups -OCH3 is 1. The highest BCUT2D eigenvalue weighted by molar-refractivity contribution is 5.27. The van der Waals surface area contributed by atoms with Crippen molar-refractivity contribution in [1.29, 1.82) is 0 Å². The molecule has 1 N–H and O–H groups in total. The number of nitrogens with one attached hydrogen (secondary N) is 1. The second-order valence-corrected chi connectivity index (χ2v) is 5.78. The summed E-state index contributed by atoms with van der Waals surface area (Å²) in [6.07, 6.45) is 5.21. The molecular formula is C17H28N2O. The van der Waals surface area contributed by atoms with Crippen LogP contribution in [0.1, 0.15) is 24.8 Å². The first-order valence-corrected chi connectivity index (χ1v) is 7.81. The highest BCUT2D eigenvalue weighted by Crippen LogP contribution is 2.20. The third-order valence-electron chi connectivity index (χ3n) is 4.39. The molecule has 0 saturated carbocycles. The molecule has 112 valence electrons. The minimum absolute atomic E-state index is 0.930. The van der Waals surface area contributed by atoms with E-state index in [2.05, 4.69) is 34.5 Å². The summed E-state index contributed by atoms with van der Waals surface area (Å²) in [4.78, 5) is 2.61. The molecule has 3 nitrogen and oxygen atoms in total. The van der Waals surface area contributed by atoms with E-state index in [4.69, 9.17) is 4.74 Å². The lowest BCUT2D eigenvalue weighted by Crippen LogP contribution is -2.35. The molecule has 20 heavy (non-hydrogen) atoms. The molecule has 1 aliphatic heterocycles. The molecule has 3 heteroatoms. The largest absolute Gasteiger partial charge is 0.497 e. The quantitative estimate of drug-likeness (QED) is 0.828. The molecule has 2 rings (SSSR count). The molecule has 1 aromatic rings. The van der Waals surface area contributed by atoms with E-state index in [0.29, 0.717) is 0 Å². The number of benzene rings is 1. The fourth-order valence-corrected chi connectivity index (χ4v) is 2.93. The first kappa shape index (κ1) is 15.3. The van der Waals surface area contributed by atoms with Crippen LogP contribution >= 0.6 is 0 Å². The maximum Gasteiger partial charge on any atom is 0.118 e. The van der Waals surface area contributed by atoms with Gasteiger partial charge in [0.1, 0.15) is 5.75 Å². The summed E-state index contributed by atoms with van der Waals surface area (Å²) < 4.78 is 5.19. The number of likely N-dealkylation sites (tertiary alicyclic amines) is 1. The third-order valence-corrected chi connectivity index (χ3v) is 4.39. The Morgan fingerprint density at radius 1 is 1.20 bits per heavy atom. The van der Waals surface area contributed by atoms with E-state index < -0.39 is 0 Å². The average molecular weight is 276 g/mol. The van der Waals surface area contributed by atoms with Gasteiger partial charge in [0.25, 0.3) is 0 Å². The lowest BCUT2D eigenvalue weighted by atomic mass is 9.93. The molecule has 1 aliphatic rings. The van der Waals surface area contributed by atoms with Crippen LogP contribution in [0.2, 0.25) is 0 Å². The molecule has 1 heterocycles. The van der Waals surface area contributed by atoms with Crippen molar-refractivity contribution in [3.63, 3.8) is 0 Å². The van der Waals surface area contributed by atoms with E-state index >= 15 is 0 Å². The first-order valence-electron chi connectivity index (χ1n) is 7.81. The summed E-state index contributed by atoms with van der Waals surface area (Å²) in [5, 5.41) is 3.26. The molecule has 0 amide bonds. The molecule has 1 aromatic carbocycles. The molecule has 0 unspecified atom stereocenters. The van der Waals surface area contributed by atoms with Crippen molar-refractivity contribution in [2.24, 2.45) is 5.92 Å². The van der Waals surface area contributed by atoms with Crippen LogP contribution in [0.15, 0.2) is 24.3 Å². The number of piperidine rings is 1. The van der Waals surface area contributed by atoms with Gasteiger partial charge in [0, 0.05) is 6.54 Å². The number of hydrogen-bond acceptors (Lipinski definition) is 3. The van der Waals surface area contributed by atoms with Gasteiger partial charge in [0.2, 0.25) is 0 Å². The number of hydrogen-bond donors (Lipinski definition) is 1. The molecule has 0 atom stereocenters. The fraction of sp³-hybridized carbons (Fsp3) is 0.647. The van der Waals surface area contributed by atoms with Crippen LogP contribution in [0.3, 0.4) is 0 Å². The smallest absolute Gasteiger partial charge is 0.118 e. The van der Waals surface area contributed by atoms with E-state index in [1.54, 1.807) is 7.11 Å². The molecule has 0 aromatic heterocycles. The van der Waals surface area contributed by atoms with Crippen molar-refractivity contribution in [2.75, 3.05) is 40.3 Å². The molecule has 1 saturated heterocycles. The number of rotatable bonds is 7. The zero-order chi connectivity index (χ0) is 14.2. The van der Waals surface area contributed by atoms with Crippen LogP contribution in [-0.4, -0.2) is 45.2 Å². The van der Waals surface area contributed by atoms with E-state index in [0.717, 1.165) is 24.6 Å². The molecular weight excluding hydrogens is 248 g/mol. The van der Waals surface area contributed by atoms with Gasteiger partial charge in [-0.1, -0.05) is 12.1 Å². The summed E-state index contributed by atoms with van der Waals surface area (Å²) >= 11 is 0. The van der Waals surface area contributed by atoms with Gasteiger partial charge in [0.05, 0.1) is 7.11 Å². The fourth-order valence-electron chi connectivity index (χ4n) is 2.93.